The van der Waals surface area contributed by atoms with Crippen molar-refractivity contribution in [2.75, 3.05) is 40.3 Å². The number of hydrogen-bond acceptors (Lipinski definition) is 5. The fourth-order valence-corrected chi connectivity index (χ4v) is 2.74. The molecule has 0 fully saturated rings. The van der Waals surface area contributed by atoms with Crippen molar-refractivity contribution in [2.24, 2.45) is 0 Å². The first-order valence-corrected chi connectivity index (χ1v) is 7.60. The van der Waals surface area contributed by atoms with Crippen LogP contribution in [0.25, 0.3) is 0 Å². The van der Waals surface area contributed by atoms with Gasteiger partial charge in [0.2, 0.25) is 5.72 Å². The summed E-state index contributed by atoms with van der Waals surface area (Å²) in [6.45, 7) is 0.738. The van der Waals surface area contributed by atoms with Gasteiger partial charge in [-0.25, -0.2) is 0 Å². The van der Waals surface area contributed by atoms with Gasteiger partial charge in [0.15, 0.2) is 0 Å². The van der Waals surface area contributed by atoms with Crippen molar-refractivity contribution < 1.29 is 19.8 Å². The highest BCUT2D eigenvalue weighted by molar-refractivity contribution is 6.06. The van der Waals surface area contributed by atoms with Gasteiger partial charge in [-0.2, -0.15) is 0 Å². The maximum atomic E-state index is 12.6. The molecule has 1 aliphatic rings. The Morgan fingerprint density at radius 1 is 1.35 bits per heavy atom. The zero-order chi connectivity index (χ0) is 17.0. The number of hydrogen-bond donors (Lipinski definition) is 3. The minimum atomic E-state index is -2.07. The molecule has 0 unspecified atom stereocenters. The lowest BCUT2D eigenvalue weighted by atomic mass is 10.0. The van der Waals surface area contributed by atoms with Gasteiger partial charge >= 0.3 is 0 Å². The van der Waals surface area contributed by atoms with E-state index in [1.807, 2.05) is 19.0 Å². The van der Waals surface area contributed by atoms with Gasteiger partial charge in [0.1, 0.15) is 0 Å². The molecule has 23 heavy (non-hydrogen) atoms. The summed E-state index contributed by atoms with van der Waals surface area (Å²) in [7, 11) is 3.87. The Bertz CT molecular complexity index is 590. The Morgan fingerprint density at radius 2 is 2.04 bits per heavy atom. The number of nitrogens with zero attached hydrogens (tertiary/aromatic N) is 2. The fraction of sp³-hybridized carbons (Fsp3) is 0.500. The molecule has 0 radical (unpaired) electrons. The topological polar surface area (TPSA) is 93.1 Å². The second kappa shape index (κ2) is 7.08. The number of benzene rings is 1. The Hall–Kier alpha value is -1.96. The van der Waals surface area contributed by atoms with Crippen LogP contribution in [0.1, 0.15) is 22.3 Å². The van der Waals surface area contributed by atoms with Gasteiger partial charge in [-0.05, 0) is 33.1 Å². The van der Waals surface area contributed by atoms with Crippen LogP contribution in [-0.2, 0) is 10.5 Å². The highest BCUT2D eigenvalue weighted by Gasteiger charge is 2.53. The van der Waals surface area contributed by atoms with Crippen molar-refractivity contribution in [3.8, 4) is 0 Å². The highest BCUT2D eigenvalue weighted by atomic mass is 16.3. The number of amides is 2. The van der Waals surface area contributed by atoms with E-state index in [4.69, 9.17) is 0 Å². The van der Waals surface area contributed by atoms with Crippen molar-refractivity contribution in [1.29, 1.82) is 0 Å². The maximum Gasteiger partial charge on any atom is 0.278 e. The molecule has 0 aliphatic carbocycles. The minimum Gasteiger partial charge on any atom is -0.395 e. The molecule has 2 amide bonds. The molecular formula is C16H23N3O4. The first-order chi connectivity index (χ1) is 10.9. The molecule has 1 aromatic carbocycles. The summed E-state index contributed by atoms with van der Waals surface area (Å²) >= 11 is 0. The number of β-amino-alcohol motifs (C(OH)–C–C–N with tert-alkyl or cyclic N) is 1. The van der Waals surface area contributed by atoms with E-state index in [2.05, 4.69) is 5.32 Å². The van der Waals surface area contributed by atoms with E-state index in [9.17, 15) is 19.8 Å². The summed E-state index contributed by atoms with van der Waals surface area (Å²) in [5.74, 6) is -1.11. The normalized spacial score (nSPS) is 20.0. The highest BCUT2D eigenvalue weighted by Crippen LogP contribution is 2.37. The molecule has 0 saturated heterocycles. The van der Waals surface area contributed by atoms with Crippen molar-refractivity contribution in [2.45, 2.75) is 12.1 Å². The molecule has 1 aromatic rings. The van der Waals surface area contributed by atoms with Crippen molar-refractivity contribution >= 4 is 11.8 Å². The van der Waals surface area contributed by atoms with Gasteiger partial charge < -0.3 is 20.4 Å². The van der Waals surface area contributed by atoms with Crippen LogP contribution >= 0.6 is 0 Å². The number of aliphatic hydroxyl groups is 2. The van der Waals surface area contributed by atoms with Gasteiger partial charge in [-0.3, -0.25) is 14.5 Å². The molecule has 1 heterocycles. The predicted octanol–water partition coefficient (Wildman–Crippen LogP) is -0.652. The summed E-state index contributed by atoms with van der Waals surface area (Å²) in [4.78, 5) is 28.0. The molecule has 1 aliphatic heterocycles. The fourth-order valence-electron chi connectivity index (χ4n) is 2.74. The van der Waals surface area contributed by atoms with Crippen LogP contribution in [0.3, 0.4) is 0 Å². The predicted molar refractivity (Wildman–Crippen MR) is 84.6 cm³/mol. The molecule has 126 valence electrons. The number of aliphatic hydroxyl groups excluding tert-OH is 1. The lowest BCUT2D eigenvalue weighted by Gasteiger charge is -2.32. The van der Waals surface area contributed by atoms with Gasteiger partial charge in [0.25, 0.3) is 11.8 Å². The summed E-state index contributed by atoms with van der Waals surface area (Å²) in [6, 6.07) is 6.47. The smallest absolute Gasteiger partial charge is 0.278 e. The number of nitrogens with one attached hydrogen (secondary N) is 1. The molecule has 1 atom stereocenters. The summed E-state index contributed by atoms with van der Waals surface area (Å²) in [6.07, 6.45) is 0.727. The summed E-state index contributed by atoms with van der Waals surface area (Å²) in [5, 5.41) is 22.8. The average Bonchev–Trinajstić information content (AvgIpc) is 2.75. The molecule has 7 heteroatoms. The van der Waals surface area contributed by atoms with Crippen LogP contribution in [-0.4, -0.2) is 72.2 Å². The molecule has 7 nitrogen and oxygen atoms in total. The van der Waals surface area contributed by atoms with Crippen LogP contribution in [0, 0.1) is 0 Å². The van der Waals surface area contributed by atoms with Gasteiger partial charge in [0, 0.05) is 24.2 Å². The Morgan fingerprint density at radius 3 is 2.70 bits per heavy atom. The monoisotopic (exact) mass is 321 g/mol. The van der Waals surface area contributed by atoms with Gasteiger partial charge in [-0.15, -0.1) is 0 Å². The van der Waals surface area contributed by atoms with E-state index in [1.165, 1.54) is 0 Å². The van der Waals surface area contributed by atoms with E-state index in [0.717, 1.165) is 17.9 Å². The van der Waals surface area contributed by atoms with Crippen molar-refractivity contribution in [1.82, 2.24) is 15.1 Å². The van der Waals surface area contributed by atoms with E-state index in [0.29, 0.717) is 6.54 Å². The number of fused-ring (bicyclic) bond motifs is 1. The average molecular weight is 321 g/mol. The lowest BCUT2D eigenvalue weighted by molar-refractivity contribution is -0.159. The molecule has 3 N–H and O–H groups in total. The third-order valence-electron chi connectivity index (χ3n) is 3.88. The standard InChI is InChI=1S/C16H23N3O4/c1-18(2)9-5-8-17-15(22)16(23)13-7-4-3-6-12(13)14(21)19(16)10-11-20/h3-4,6-7,20,23H,5,8-11H2,1-2H3,(H,17,22)/t16-/m0/s1. The first kappa shape index (κ1) is 17.4. The molecule has 2 rings (SSSR count). The SMILES string of the molecule is CN(C)CCCNC(=O)[C@@]1(O)c2ccccc2C(=O)N1CCO. The molecule has 0 aromatic heterocycles. The lowest BCUT2D eigenvalue weighted by Crippen LogP contribution is -2.55. The van der Waals surface area contributed by atoms with Crippen molar-refractivity contribution in [3.63, 3.8) is 0 Å². The van der Waals surface area contributed by atoms with Crippen molar-refractivity contribution in [3.05, 3.63) is 35.4 Å². The van der Waals surface area contributed by atoms with Crippen LogP contribution < -0.4 is 5.32 Å². The quantitative estimate of drug-likeness (QED) is 0.580. The Labute approximate surface area is 135 Å². The third kappa shape index (κ3) is 3.21. The van der Waals surface area contributed by atoms with Crippen LogP contribution in [0.4, 0.5) is 0 Å². The second-order valence-corrected chi connectivity index (χ2v) is 5.81. The zero-order valence-electron chi connectivity index (χ0n) is 13.5. The van der Waals surface area contributed by atoms with E-state index >= 15 is 0 Å². The third-order valence-corrected chi connectivity index (χ3v) is 3.88. The Kier molecular flexibility index (Phi) is 5.35. The number of rotatable bonds is 7. The molecule has 0 bridgehead atoms. The van der Waals surface area contributed by atoms with Crippen LogP contribution in [0.2, 0.25) is 0 Å². The Balaban J connectivity index is 2.21. The number of carbonyl (C=O) groups excluding carboxylic acids is 2. The maximum absolute atomic E-state index is 12.6. The van der Waals surface area contributed by atoms with Crippen LogP contribution in [0.5, 0.6) is 0 Å². The molecule has 0 saturated carbocycles. The second-order valence-electron chi connectivity index (χ2n) is 5.81. The summed E-state index contributed by atoms with van der Waals surface area (Å²) < 4.78 is 0. The van der Waals surface area contributed by atoms with Gasteiger partial charge in [-0.1, -0.05) is 18.2 Å². The van der Waals surface area contributed by atoms with E-state index < -0.39 is 17.5 Å². The largest absolute Gasteiger partial charge is 0.395 e. The molecule has 0 spiro atoms. The van der Waals surface area contributed by atoms with E-state index in [1.54, 1.807) is 24.3 Å². The minimum absolute atomic E-state index is 0.116. The molecular weight excluding hydrogens is 298 g/mol. The van der Waals surface area contributed by atoms with Gasteiger partial charge in [0.05, 0.1) is 6.61 Å². The summed E-state index contributed by atoms with van der Waals surface area (Å²) in [5.41, 5.74) is -1.54. The van der Waals surface area contributed by atoms with E-state index in [-0.39, 0.29) is 24.3 Å². The zero-order valence-corrected chi connectivity index (χ0v) is 13.5. The van der Waals surface area contributed by atoms with Crippen LogP contribution in [0.15, 0.2) is 24.3 Å². The number of carbonyl (C=O) groups is 2. The first-order valence-electron chi connectivity index (χ1n) is 7.60.